The molecular formula is C27H43N3O4. The van der Waals surface area contributed by atoms with Gasteiger partial charge in [0.15, 0.2) is 0 Å². The number of carbonyl (C=O) groups excluding carboxylic acids is 2. The molecule has 7 heteroatoms. The minimum absolute atomic E-state index is 0.0259. The molecule has 34 heavy (non-hydrogen) atoms. The molecule has 190 valence electrons. The molecule has 0 spiro atoms. The van der Waals surface area contributed by atoms with Crippen molar-refractivity contribution < 1.29 is 19.8 Å². The van der Waals surface area contributed by atoms with Gasteiger partial charge in [0.05, 0.1) is 23.5 Å². The van der Waals surface area contributed by atoms with Gasteiger partial charge in [0.1, 0.15) is 0 Å². The van der Waals surface area contributed by atoms with Gasteiger partial charge in [0.2, 0.25) is 11.8 Å². The van der Waals surface area contributed by atoms with Gasteiger partial charge >= 0.3 is 0 Å². The molecule has 1 aliphatic rings. The number of benzene rings is 1. The highest BCUT2D eigenvalue weighted by Gasteiger charge is 2.58. The van der Waals surface area contributed by atoms with E-state index in [0.29, 0.717) is 38.9 Å². The number of carbonyl (C=O) groups is 2. The fraction of sp³-hybridized carbons (Fsp3) is 0.630. The third-order valence-electron chi connectivity index (χ3n) is 6.97. The molecule has 1 aromatic carbocycles. The first-order valence-corrected chi connectivity index (χ1v) is 12.6. The van der Waals surface area contributed by atoms with Crippen molar-refractivity contribution in [1.82, 2.24) is 10.2 Å². The maximum absolute atomic E-state index is 14.1. The zero-order valence-electron chi connectivity index (χ0n) is 21.0. The number of nitrogens with two attached hydrogens (primary N) is 1. The number of primary amides is 1. The summed E-state index contributed by atoms with van der Waals surface area (Å²) < 4.78 is 0. The van der Waals surface area contributed by atoms with Crippen LogP contribution in [0, 0.1) is 10.8 Å². The van der Waals surface area contributed by atoms with E-state index in [2.05, 4.69) is 5.32 Å². The average Bonchev–Trinajstić information content (AvgIpc) is 2.83. The quantitative estimate of drug-likeness (QED) is 0.245. The summed E-state index contributed by atoms with van der Waals surface area (Å²) in [6.45, 7) is 7.78. The topological polar surface area (TPSA) is 116 Å². The number of nitrogens with zero attached hydrogens (tertiary/aromatic N) is 1. The zero-order valence-corrected chi connectivity index (χ0v) is 21.0. The fourth-order valence-corrected chi connectivity index (χ4v) is 5.11. The van der Waals surface area contributed by atoms with Crippen LogP contribution in [-0.4, -0.2) is 65.3 Å². The molecule has 7 nitrogen and oxygen atoms in total. The van der Waals surface area contributed by atoms with Crippen LogP contribution in [0.1, 0.15) is 58.4 Å². The van der Waals surface area contributed by atoms with Gasteiger partial charge in [-0.05, 0) is 57.6 Å². The third kappa shape index (κ3) is 6.26. The number of rotatable bonds is 14. The summed E-state index contributed by atoms with van der Waals surface area (Å²) in [6, 6.07) is 9.44. The molecule has 4 atom stereocenters. The number of amides is 2. The first kappa shape index (κ1) is 28.0. The predicted octanol–water partition coefficient (Wildman–Crippen LogP) is 2.41. The highest BCUT2D eigenvalue weighted by atomic mass is 16.3. The van der Waals surface area contributed by atoms with Crippen molar-refractivity contribution in [3.8, 4) is 0 Å². The smallest absolute Gasteiger partial charge is 0.231 e. The van der Waals surface area contributed by atoms with E-state index < -0.39 is 22.8 Å². The Balaban J connectivity index is 2.46. The summed E-state index contributed by atoms with van der Waals surface area (Å²) in [4.78, 5) is 28.8. The molecule has 1 unspecified atom stereocenters. The third-order valence-corrected chi connectivity index (χ3v) is 6.97. The lowest BCUT2D eigenvalue weighted by atomic mass is 9.58. The van der Waals surface area contributed by atoms with E-state index in [1.165, 1.54) is 0 Å². The van der Waals surface area contributed by atoms with Crippen molar-refractivity contribution in [2.24, 2.45) is 16.6 Å². The van der Waals surface area contributed by atoms with E-state index in [0.717, 1.165) is 18.4 Å². The Kier molecular flexibility index (Phi) is 10.7. The molecule has 2 amide bonds. The van der Waals surface area contributed by atoms with Crippen molar-refractivity contribution in [1.29, 1.82) is 0 Å². The molecule has 0 aliphatic heterocycles. The lowest BCUT2D eigenvalue weighted by molar-refractivity contribution is -0.162. The average molecular weight is 474 g/mol. The number of allylic oxidation sites excluding steroid dienone is 1. The Bertz CT molecular complexity index is 809. The second-order valence-corrected chi connectivity index (χ2v) is 9.67. The number of aliphatic hydroxyl groups excluding tert-OH is 2. The van der Waals surface area contributed by atoms with E-state index in [1.807, 2.05) is 62.1 Å². The van der Waals surface area contributed by atoms with Crippen LogP contribution < -0.4 is 11.1 Å². The van der Waals surface area contributed by atoms with Crippen molar-refractivity contribution in [3.63, 3.8) is 0 Å². The molecule has 0 heterocycles. The van der Waals surface area contributed by atoms with E-state index in [4.69, 9.17) is 5.73 Å². The fourth-order valence-electron chi connectivity index (χ4n) is 5.11. The van der Waals surface area contributed by atoms with Crippen LogP contribution >= 0.6 is 0 Å². The molecule has 1 aromatic rings. The molecule has 0 saturated carbocycles. The van der Waals surface area contributed by atoms with E-state index in [9.17, 15) is 19.8 Å². The zero-order chi connectivity index (χ0) is 25.2. The van der Waals surface area contributed by atoms with Crippen LogP contribution in [0.5, 0.6) is 0 Å². The van der Waals surface area contributed by atoms with Gasteiger partial charge in [0.25, 0.3) is 0 Å². The molecule has 0 radical (unpaired) electrons. The van der Waals surface area contributed by atoms with Crippen LogP contribution in [0.25, 0.3) is 0 Å². The molecule has 0 fully saturated rings. The lowest BCUT2D eigenvalue weighted by Crippen LogP contribution is -2.61. The Morgan fingerprint density at radius 3 is 2.41 bits per heavy atom. The summed E-state index contributed by atoms with van der Waals surface area (Å²) >= 11 is 0. The van der Waals surface area contributed by atoms with Crippen molar-refractivity contribution >= 4 is 11.8 Å². The Morgan fingerprint density at radius 2 is 1.85 bits per heavy atom. The van der Waals surface area contributed by atoms with Gasteiger partial charge in [-0.2, -0.15) is 0 Å². The molecular weight excluding hydrogens is 430 g/mol. The molecule has 0 saturated heterocycles. The maximum atomic E-state index is 14.1. The van der Waals surface area contributed by atoms with Crippen molar-refractivity contribution in [3.05, 3.63) is 48.0 Å². The molecule has 2 rings (SSSR count). The molecule has 0 aromatic heterocycles. The lowest BCUT2D eigenvalue weighted by Gasteiger charge is -2.49. The van der Waals surface area contributed by atoms with Crippen LogP contribution in [0.15, 0.2) is 42.5 Å². The second-order valence-electron chi connectivity index (χ2n) is 9.67. The molecule has 5 N–H and O–H groups in total. The summed E-state index contributed by atoms with van der Waals surface area (Å²) in [5.41, 5.74) is 4.32. The summed E-state index contributed by atoms with van der Waals surface area (Å²) in [5, 5.41) is 24.5. The van der Waals surface area contributed by atoms with Gasteiger partial charge in [-0.15, -0.1) is 0 Å². The number of hydrogen-bond acceptors (Lipinski definition) is 5. The van der Waals surface area contributed by atoms with Crippen LogP contribution in [0.2, 0.25) is 0 Å². The van der Waals surface area contributed by atoms with E-state index in [-0.39, 0.29) is 25.0 Å². The highest BCUT2D eigenvalue weighted by molar-refractivity contribution is 5.89. The summed E-state index contributed by atoms with van der Waals surface area (Å²) in [5.74, 6) is -0.733. The highest BCUT2D eigenvalue weighted by Crippen LogP contribution is 2.48. The normalized spacial score (nSPS) is 25.1. The number of aliphatic hydroxyl groups is 2. The standard InChI is InChI=1S/C27H43N3O4/c1-4-17-30(18-5-2)25(34)26(15-10-16-29-21(3)20-31)13-9-14-27(23(26)32,24(28)33)19-22-11-7-6-8-12-22/h6-9,11-12,14,21,23,29,31-32H,4-5,10,13,15-20H2,1-3H3,(H2,28,33)/t21-,23-,26?,27-/m1/s1. The second kappa shape index (κ2) is 13.0. The first-order chi connectivity index (χ1) is 16.3. The van der Waals surface area contributed by atoms with Crippen LogP contribution in [0.3, 0.4) is 0 Å². The largest absolute Gasteiger partial charge is 0.395 e. The monoisotopic (exact) mass is 473 g/mol. The van der Waals surface area contributed by atoms with Gasteiger partial charge < -0.3 is 26.2 Å². The minimum Gasteiger partial charge on any atom is -0.395 e. The Labute approximate surface area is 204 Å². The number of nitrogens with one attached hydrogen (secondary N) is 1. The van der Waals surface area contributed by atoms with E-state index in [1.54, 1.807) is 6.08 Å². The maximum Gasteiger partial charge on any atom is 0.231 e. The Morgan fingerprint density at radius 1 is 1.21 bits per heavy atom. The van der Waals surface area contributed by atoms with Gasteiger partial charge in [-0.3, -0.25) is 9.59 Å². The predicted molar refractivity (Wildman–Crippen MR) is 135 cm³/mol. The SMILES string of the molecule is CCCN(CCC)C(=O)C1(CCCN[C@H](C)CO)CC=C[C@](Cc2ccccc2)(C(N)=O)[C@@H]1O. The number of hydrogen-bond donors (Lipinski definition) is 4. The van der Waals surface area contributed by atoms with Crippen molar-refractivity contribution in [2.75, 3.05) is 26.2 Å². The van der Waals surface area contributed by atoms with Gasteiger partial charge in [-0.1, -0.05) is 56.3 Å². The van der Waals surface area contributed by atoms with Crippen LogP contribution in [0.4, 0.5) is 0 Å². The Hall–Kier alpha value is -2.22. The minimum atomic E-state index is -1.37. The van der Waals surface area contributed by atoms with Gasteiger partial charge in [-0.25, -0.2) is 0 Å². The summed E-state index contributed by atoms with van der Waals surface area (Å²) in [7, 11) is 0. The van der Waals surface area contributed by atoms with Crippen LogP contribution in [-0.2, 0) is 16.0 Å². The molecule has 1 aliphatic carbocycles. The summed E-state index contributed by atoms with van der Waals surface area (Å²) in [6.07, 6.45) is 5.58. The van der Waals surface area contributed by atoms with Crippen molar-refractivity contribution in [2.45, 2.75) is 71.4 Å². The van der Waals surface area contributed by atoms with Gasteiger partial charge in [0, 0.05) is 19.1 Å². The van der Waals surface area contributed by atoms with E-state index >= 15 is 0 Å². The molecule has 0 bridgehead atoms. The first-order valence-electron chi connectivity index (χ1n) is 12.6.